The number of rotatable bonds is 1. The van der Waals surface area contributed by atoms with Crippen molar-refractivity contribution < 1.29 is 5.11 Å². The molecule has 0 amide bonds. The summed E-state index contributed by atoms with van der Waals surface area (Å²) in [4.78, 5) is 0. The summed E-state index contributed by atoms with van der Waals surface area (Å²) in [5.41, 5.74) is 0.148. The van der Waals surface area contributed by atoms with Crippen molar-refractivity contribution in [2.45, 2.75) is 43.7 Å². The zero-order valence-electron chi connectivity index (χ0n) is 7.42. The molecule has 2 saturated carbocycles. The summed E-state index contributed by atoms with van der Waals surface area (Å²) < 4.78 is 0. The van der Waals surface area contributed by atoms with Crippen molar-refractivity contribution in [1.29, 1.82) is 0 Å². The van der Waals surface area contributed by atoms with E-state index in [1.807, 2.05) is 0 Å². The van der Waals surface area contributed by atoms with Crippen molar-refractivity contribution in [3.05, 3.63) is 0 Å². The minimum Gasteiger partial charge on any atom is -0.394 e. The molecule has 2 atom stereocenters. The fourth-order valence-corrected chi connectivity index (χ4v) is 3.93. The zero-order chi connectivity index (χ0) is 8.18. The van der Waals surface area contributed by atoms with E-state index in [4.69, 9.17) is 0 Å². The summed E-state index contributed by atoms with van der Waals surface area (Å²) in [5.74, 6) is 1.85. The highest BCUT2D eigenvalue weighted by molar-refractivity contribution is 5.07. The van der Waals surface area contributed by atoms with E-state index in [1.165, 1.54) is 32.1 Å². The zero-order valence-corrected chi connectivity index (χ0v) is 7.42. The van der Waals surface area contributed by atoms with Crippen LogP contribution in [0.15, 0.2) is 0 Å². The first-order valence-corrected chi connectivity index (χ1v) is 5.18. The topological polar surface area (TPSA) is 32.3 Å². The van der Waals surface area contributed by atoms with E-state index in [0.29, 0.717) is 6.61 Å². The van der Waals surface area contributed by atoms with Gasteiger partial charge in [0.1, 0.15) is 0 Å². The average Bonchev–Trinajstić information content (AvgIpc) is 2.02. The molecule has 0 unspecified atom stereocenters. The summed E-state index contributed by atoms with van der Waals surface area (Å²) in [6.07, 6.45) is 6.66. The van der Waals surface area contributed by atoms with Crippen molar-refractivity contribution in [2.24, 2.45) is 11.8 Å². The molecule has 4 bridgehead atoms. The fraction of sp³-hybridized carbons (Fsp3) is 1.00. The first-order valence-electron chi connectivity index (χ1n) is 5.18. The highest BCUT2D eigenvalue weighted by Gasteiger charge is 2.50. The molecule has 0 spiro atoms. The molecule has 2 heteroatoms. The quantitative estimate of drug-likeness (QED) is 0.608. The molecule has 0 radical (unpaired) electrons. The fourth-order valence-electron chi connectivity index (χ4n) is 3.93. The third-order valence-electron chi connectivity index (χ3n) is 4.07. The van der Waals surface area contributed by atoms with Gasteiger partial charge in [-0.15, -0.1) is 0 Å². The van der Waals surface area contributed by atoms with E-state index < -0.39 is 0 Å². The summed E-state index contributed by atoms with van der Waals surface area (Å²) in [6, 6.07) is 0.739. The lowest BCUT2D eigenvalue weighted by Crippen LogP contribution is -2.65. The Morgan fingerprint density at radius 1 is 1.17 bits per heavy atom. The van der Waals surface area contributed by atoms with Gasteiger partial charge in [-0.25, -0.2) is 0 Å². The first-order chi connectivity index (χ1) is 5.80. The molecule has 2 aliphatic carbocycles. The van der Waals surface area contributed by atoms with Crippen LogP contribution in [0.2, 0.25) is 0 Å². The molecule has 12 heavy (non-hydrogen) atoms. The normalized spacial score (nSPS) is 56.2. The molecule has 2 aliphatic heterocycles. The van der Waals surface area contributed by atoms with Crippen molar-refractivity contribution in [3.63, 3.8) is 0 Å². The van der Waals surface area contributed by atoms with Crippen molar-refractivity contribution in [2.75, 3.05) is 6.61 Å². The van der Waals surface area contributed by atoms with E-state index >= 15 is 0 Å². The number of aliphatic hydroxyl groups excluding tert-OH is 1. The van der Waals surface area contributed by atoms with Gasteiger partial charge in [0, 0.05) is 11.6 Å². The highest BCUT2D eigenvalue weighted by atomic mass is 16.3. The Morgan fingerprint density at radius 2 is 1.83 bits per heavy atom. The van der Waals surface area contributed by atoms with Crippen molar-refractivity contribution in [3.8, 4) is 0 Å². The summed E-state index contributed by atoms with van der Waals surface area (Å²) in [7, 11) is 0. The van der Waals surface area contributed by atoms with Crippen LogP contribution in [-0.4, -0.2) is 23.3 Å². The van der Waals surface area contributed by atoms with Gasteiger partial charge >= 0.3 is 0 Å². The number of piperidine rings is 2. The summed E-state index contributed by atoms with van der Waals surface area (Å²) in [6.45, 7) is 0.358. The van der Waals surface area contributed by atoms with Crippen LogP contribution in [0.1, 0.15) is 32.1 Å². The van der Waals surface area contributed by atoms with Crippen molar-refractivity contribution >= 4 is 0 Å². The Morgan fingerprint density at radius 3 is 2.33 bits per heavy atom. The molecule has 4 fully saturated rings. The van der Waals surface area contributed by atoms with E-state index in [2.05, 4.69) is 5.32 Å². The minimum atomic E-state index is 0.148. The maximum Gasteiger partial charge on any atom is 0.0613 e. The average molecular weight is 167 g/mol. The molecule has 0 aromatic rings. The molecule has 68 valence electrons. The molecular weight excluding hydrogens is 150 g/mol. The van der Waals surface area contributed by atoms with Crippen LogP contribution >= 0.6 is 0 Å². The smallest absolute Gasteiger partial charge is 0.0613 e. The number of hydrogen-bond acceptors (Lipinski definition) is 2. The lowest BCUT2D eigenvalue weighted by molar-refractivity contribution is -0.0309. The molecule has 2 N–H and O–H groups in total. The lowest BCUT2D eigenvalue weighted by atomic mass is 9.59. The van der Waals surface area contributed by atoms with Gasteiger partial charge in [0.2, 0.25) is 0 Å². The molecule has 0 aromatic carbocycles. The van der Waals surface area contributed by atoms with E-state index in [1.54, 1.807) is 0 Å². The number of aliphatic hydroxyl groups is 1. The largest absolute Gasteiger partial charge is 0.394 e. The predicted molar refractivity (Wildman–Crippen MR) is 46.8 cm³/mol. The van der Waals surface area contributed by atoms with E-state index in [0.717, 1.165) is 17.9 Å². The van der Waals surface area contributed by atoms with Crippen molar-refractivity contribution in [1.82, 2.24) is 5.32 Å². The highest BCUT2D eigenvalue weighted by Crippen LogP contribution is 2.49. The Balaban J connectivity index is 1.90. The summed E-state index contributed by atoms with van der Waals surface area (Å²) in [5, 5.41) is 13.0. The van der Waals surface area contributed by atoms with Gasteiger partial charge in [0.05, 0.1) is 6.61 Å². The second kappa shape index (κ2) is 2.24. The van der Waals surface area contributed by atoms with Gasteiger partial charge in [0.15, 0.2) is 0 Å². The van der Waals surface area contributed by atoms with E-state index in [9.17, 15) is 5.11 Å². The number of nitrogens with one attached hydrogen (secondary N) is 1. The van der Waals surface area contributed by atoms with Gasteiger partial charge in [-0.3, -0.25) is 0 Å². The Bertz CT molecular complexity index is 167. The standard InChI is InChI=1S/C10H17NO/c12-6-10-4-7-1-8(5-10)3-9(2-7)11-10/h7-9,11-12H,1-6H2/t7-,8-,9?,10?/m0/s1. The van der Waals surface area contributed by atoms with Crippen LogP contribution in [0.3, 0.4) is 0 Å². The van der Waals surface area contributed by atoms with Gasteiger partial charge in [0.25, 0.3) is 0 Å². The first kappa shape index (κ1) is 7.34. The monoisotopic (exact) mass is 167 g/mol. The van der Waals surface area contributed by atoms with Gasteiger partial charge < -0.3 is 10.4 Å². The lowest BCUT2D eigenvalue weighted by Gasteiger charge is -2.56. The molecule has 4 aliphatic rings. The second-order valence-corrected chi connectivity index (χ2v) is 5.13. The Kier molecular flexibility index (Phi) is 1.37. The maximum atomic E-state index is 9.37. The third kappa shape index (κ3) is 0.882. The van der Waals surface area contributed by atoms with Crippen LogP contribution in [-0.2, 0) is 0 Å². The van der Waals surface area contributed by atoms with Crippen LogP contribution < -0.4 is 5.32 Å². The molecular formula is C10H17NO. The molecule has 2 heterocycles. The van der Waals surface area contributed by atoms with Crippen LogP contribution in [0.25, 0.3) is 0 Å². The summed E-state index contributed by atoms with van der Waals surface area (Å²) >= 11 is 0. The van der Waals surface area contributed by atoms with Gasteiger partial charge in [-0.05, 0) is 43.9 Å². The predicted octanol–water partition coefficient (Wildman–Crippen LogP) is 0.899. The van der Waals surface area contributed by atoms with Crippen LogP contribution in [0, 0.1) is 11.8 Å². The molecule has 0 aromatic heterocycles. The van der Waals surface area contributed by atoms with Gasteiger partial charge in [-0.2, -0.15) is 0 Å². The minimum absolute atomic E-state index is 0.148. The molecule has 2 nitrogen and oxygen atoms in total. The molecule has 4 rings (SSSR count). The third-order valence-corrected chi connectivity index (χ3v) is 4.07. The van der Waals surface area contributed by atoms with Gasteiger partial charge in [-0.1, -0.05) is 0 Å². The Hall–Kier alpha value is -0.0800. The Labute approximate surface area is 73.4 Å². The van der Waals surface area contributed by atoms with Crippen LogP contribution in [0.4, 0.5) is 0 Å². The van der Waals surface area contributed by atoms with Crippen LogP contribution in [0.5, 0.6) is 0 Å². The maximum absolute atomic E-state index is 9.37. The van der Waals surface area contributed by atoms with E-state index in [-0.39, 0.29) is 5.54 Å². The molecule has 2 saturated heterocycles. The second-order valence-electron chi connectivity index (χ2n) is 5.13. The SMILES string of the molecule is OCC12C[C@@H]3CC(C[C@H](C3)C1)N2. The number of hydrogen-bond donors (Lipinski definition) is 2.